The summed E-state index contributed by atoms with van der Waals surface area (Å²) in [6, 6.07) is 9.57. The van der Waals surface area contributed by atoms with Crippen molar-refractivity contribution in [3.63, 3.8) is 0 Å². The summed E-state index contributed by atoms with van der Waals surface area (Å²) >= 11 is 0. The van der Waals surface area contributed by atoms with E-state index in [1.807, 2.05) is 0 Å². The van der Waals surface area contributed by atoms with Crippen LogP contribution in [-0.2, 0) is 10.8 Å². The zero-order valence-corrected chi connectivity index (χ0v) is 39.3. The van der Waals surface area contributed by atoms with E-state index in [1.165, 1.54) is 167 Å². The molecular formula is C58H64. The molecule has 0 nitrogen and oxygen atoms in total. The van der Waals surface area contributed by atoms with Gasteiger partial charge in [-0.3, -0.25) is 0 Å². The summed E-state index contributed by atoms with van der Waals surface area (Å²) in [7, 11) is 0. The second-order valence-electron chi connectivity index (χ2n) is 19.3. The zero-order valence-electron chi connectivity index (χ0n) is 39.3. The van der Waals surface area contributed by atoms with Crippen LogP contribution in [0.5, 0.6) is 0 Å². The van der Waals surface area contributed by atoms with Crippen molar-refractivity contribution in [3.8, 4) is 22.3 Å². The monoisotopic (exact) mass is 761 g/mol. The van der Waals surface area contributed by atoms with E-state index in [1.54, 1.807) is 11.1 Å². The van der Waals surface area contributed by atoms with Gasteiger partial charge in [0, 0.05) is 0 Å². The van der Waals surface area contributed by atoms with Crippen LogP contribution in [0.2, 0.25) is 0 Å². The second-order valence-corrected chi connectivity index (χ2v) is 19.3. The molecule has 0 radical (unpaired) electrons. The van der Waals surface area contributed by atoms with Gasteiger partial charge in [0.2, 0.25) is 0 Å². The number of rotatable bonds is 0. The molecule has 0 atom stereocenters. The lowest BCUT2D eigenvalue weighted by atomic mass is 9.47. The maximum Gasteiger partial charge on any atom is 0.0731 e. The molecule has 3 aliphatic rings. The smallest absolute Gasteiger partial charge is 0.0619 e. The van der Waals surface area contributed by atoms with Crippen molar-refractivity contribution in [2.45, 2.75) is 149 Å². The van der Waals surface area contributed by atoms with E-state index in [0.29, 0.717) is 0 Å². The van der Waals surface area contributed by atoms with Crippen LogP contribution in [0, 0.1) is 138 Å². The molecule has 6 aromatic rings. The van der Waals surface area contributed by atoms with Gasteiger partial charge in [-0.15, -0.1) is 0 Å². The van der Waals surface area contributed by atoms with E-state index >= 15 is 0 Å². The van der Waals surface area contributed by atoms with Crippen LogP contribution in [-0.4, -0.2) is 0 Å². The van der Waals surface area contributed by atoms with Gasteiger partial charge in [0.1, 0.15) is 0 Å². The molecule has 0 N–H and O–H groups in total. The third-order valence-electron chi connectivity index (χ3n) is 17.9. The Bertz CT molecular complexity index is 2820. The Morgan fingerprint density at radius 3 is 0.810 bits per heavy atom. The van der Waals surface area contributed by atoms with Gasteiger partial charge in [-0.1, -0.05) is 24.3 Å². The fourth-order valence-corrected chi connectivity index (χ4v) is 13.4. The highest BCUT2D eigenvalue weighted by atomic mass is 14.6. The predicted molar refractivity (Wildman–Crippen MR) is 249 cm³/mol. The minimum Gasteiger partial charge on any atom is -0.0619 e. The number of hydrogen-bond acceptors (Lipinski definition) is 0. The largest absolute Gasteiger partial charge is 0.0731 e. The number of benzene rings is 6. The first-order valence-electron chi connectivity index (χ1n) is 21.8. The highest BCUT2D eigenvalue weighted by Gasteiger charge is 2.63. The SMILES string of the molecule is Cc1c(C)c(C)c2c(c1C)-c1ccccc1C21c2c(C)c(C)c(C)c(C)c2C2(c3c(C)c(C)c(C)c(C)c3-c3c(C)c(C)c(C)c(C)c32)c2c(C)c(C)c(C)c(C)c21. The van der Waals surface area contributed by atoms with Crippen LogP contribution < -0.4 is 0 Å². The summed E-state index contributed by atoms with van der Waals surface area (Å²) in [6.45, 7) is 48.5. The first kappa shape index (κ1) is 38.8. The molecule has 3 aliphatic carbocycles. The average Bonchev–Trinajstić information content (AvgIpc) is 3.68. The minimum absolute atomic E-state index is 0.510. The molecule has 9 rings (SSSR count). The first-order valence-corrected chi connectivity index (χ1v) is 21.8. The van der Waals surface area contributed by atoms with Gasteiger partial charge in [0.05, 0.1) is 10.8 Å². The molecule has 0 heterocycles. The van der Waals surface area contributed by atoms with E-state index < -0.39 is 10.8 Å². The molecule has 0 aromatic heterocycles. The fraction of sp³-hybridized carbons (Fsp3) is 0.379. The molecule has 0 heteroatoms. The van der Waals surface area contributed by atoms with Crippen molar-refractivity contribution in [1.82, 2.24) is 0 Å². The Labute approximate surface area is 350 Å². The summed E-state index contributed by atoms with van der Waals surface area (Å²) in [5.74, 6) is 0. The van der Waals surface area contributed by atoms with E-state index in [9.17, 15) is 0 Å². The Morgan fingerprint density at radius 1 is 0.224 bits per heavy atom. The summed E-state index contributed by atoms with van der Waals surface area (Å²) in [6.07, 6.45) is 0. The zero-order chi connectivity index (χ0) is 42.3. The van der Waals surface area contributed by atoms with E-state index in [2.05, 4.69) is 163 Å². The van der Waals surface area contributed by atoms with Crippen molar-refractivity contribution in [2.75, 3.05) is 0 Å². The maximum absolute atomic E-state index is 2.51. The first-order chi connectivity index (χ1) is 27.2. The topological polar surface area (TPSA) is 0 Å². The van der Waals surface area contributed by atoms with Crippen molar-refractivity contribution in [1.29, 1.82) is 0 Å². The van der Waals surface area contributed by atoms with Crippen LogP contribution in [0.3, 0.4) is 0 Å². The third-order valence-corrected chi connectivity index (χ3v) is 17.9. The molecular weight excluding hydrogens is 697 g/mol. The summed E-state index contributed by atoms with van der Waals surface area (Å²) in [5.41, 5.74) is 45.7. The van der Waals surface area contributed by atoms with E-state index in [0.717, 1.165) is 0 Å². The van der Waals surface area contributed by atoms with Gasteiger partial charge >= 0.3 is 0 Å². The highest BCUT2D eigenvalue weighted by molar-refractivity contribution is 6.00. The Kier molecular flexibility index (Phi) is 8.01. The van der Waals surface area contributed by atoms with Gasteiger partial charge in [-0.25, -0.2) is 0 Å². The number of fused-ring (bicyclic) bond motifs is 16. The molecule has 0 saturated carbocycles. The Morgan fingerprint density at radius 2 is 0.466 bits per heavy atom. The van der Waals surface area contributed by atoms with Crippen molar-refractivity contribution in [2.24, 2.45) is 0 Å². The molecule has 0 unspecified atom stereocenters. The van der Waals surface area contributed by atoms with Crippen molar-refractivity contribution >= 4 is 0 Å². The minimum atomic E-state index is -0.526. The third kappa shape index (κ3) is 3.91. The molecule has 0 aliphatic heterocycles. The van der Waals surface area contributed by atoms with Crippen LogP contribution in [0.25, 0.3) is 22.3 Å². The second kappa shape index (κ2) is 12.0. The van der Waals surface area contributed by atoms with Gasteiger partial charge in [-0.05, 0) is 317 Å². The lowest BCUT2D eigenvalue weighted by Gasteiger charge is -2.53. The molecule has 0 fully saturated rings. The maximum atomic E-state index is 2.51. The fourth-order valence-electron chi connectivity index (χ4n) is 13.4. The van der Waals surface area contributed by atoms with Crippen molar-refractivity contribution < 1.29 is 0 Å². The summed E-state index contributed by atoms with van der Waals surface area (Å²) in [5, 5.41) is 0. The highest BCUT2D eigenvalue weighted by Crippen LogP contribution is 2.72. The molecule has 6 aromatic carbocycles. The lowest BCUT2D eigenvalue weighted by Crippen LogP contribution is -2.48. The number of hydrogen-bond donors (Lipinski definition) is 0. The van der Waals surface area contributed by atoms with Crippen molar-refractivity contribution in [3.05, 3.63) is 180 Å². The van der Waals surface area contributed by atoms with E-state index in [4.69, 9.17) is 0 Å². The molecule has 0 amide bonds. The van der Waals surface area contributed by atoms with Gasteiger partial charge in [0.15, 0.2) is 0 Å². The standard InChI is InChI=1S/C58H64/c1-25-28(4)38(14)50-47(35(25)11)45-23-21-22-24-46(45)57(50)53-41(17)31(7)33(9)43(19)55(53)58(56-44(20)34(10)32(8)42(18)54(56)57)51-39(15)29(5)26(2)36(12)48(51)49-37(13)27(3)30(6)40(16)52(49)58/h21-24H,1-20H3. The van der Waals surface area contributed by atoms with Crippen LogP contribution in [0.15, 0.2) is 24.3 Å². The molecule has 0 saturated heterocycles. The summed E-state index contributed by atoms with van der Waals surface area (Å²) in [4.78, 5) is 0. The average molecular weight is 761 g/mol. The van der Waals surface area contributed by atoms with Crippen LogP contribution in [0.1, 0.15) is 156 Å². The normalized spacial score (nSPS) is 14.8. The molecule has 2 spiro atoms. The van der Waals surface area contributed by atoms with Gasteiger partial charge in [0.25, 0.3) is 0 Å². The Hall–Kier alpha value is -4.68. The molecule has 296 valence electrons. The predicted octanol–water partition coefficient (Wildman–Crippen LogP) is 14.9. The summed E-state index contributed by atoms with van der Waals surface area (Å²) < 4.78 is 0. The van der Waals surface area contributed by atoms with Crippen LogP contribution >= 0.6 is 0 Å². The molecule has 0 bridgehead atoms. The van der Waals surface area contributed by atoms with Gasteiger partial charge in [-0.2, -0.15) is 0 Å². The van der Waals surface area contributed by atoms with Gasteiger partial charge < -0.3 is 0 Å². The van der Waals surface area contributed by atoms with Crippen LogP contribution in [0.4, 0.5) is 0 Å². The lowest BCUT2D eigenvalue weighted by molar-refractivity contribution is 0.605. The van der Waals surface area contributed by atoms with E-state index in [-0.39, 0.29) is 0 Å². The quantitative estimate of drug-likeness (QED) is 0.144. The Balaban J connectivity index is 1.75. The molecule has 58 heavy (non-hydrogen) atoms.